The number of nitrogens with two attached hydrogens (primary N) is 1. The number of benzene rings is 1. The Kier molecular flexibility index (Phi) is 4.01. The molecule has 98 valence electrons. The molecule has 0 aliphatic heterocycles. The molecule has 0 fully saturated rings. The maximum atomic E-state index is 12.2. The number of nitrogens with zero attached hydrogens (tertiary/aromatic N) is 1. The molecule has 19 heavy (non-hydrogen) atoms. The predicted octanol–water partition coefficient (Wildman–Crippen LogP) is 2.69. The summed E-state index contributed by atoms with van der Waals surface area (Å²) in [6.07, 6.45) is 3.03. The second-order valence-corrected chi connectivity index (χ2v) is 4.62. The van der Waals surface area contributed by atoms with E-state index in [1.165, 1.54) is 19.5 Å². The van der Waals surface area contributed by atoms with Crippen molar-refractivity contribution in [2.45, 2.75) is 0 Å². The lowest BCUT2D eigenvalue weighted by molar-refractivity contribution is 0.102. The van der Waals surface area contributed by atoms with E-state index in [2.05, 4.69) is 26.2 Å². The number of nitrogen functional groups attached to an aromatic ring is 1. The Hall–Kier alpha value is -2.08. The van der Waals surface area contributed by atoms with E-state index in [1.807, 2.05) is 0 Å². The van der Waals surface area contributed by atoms with E-state index in [4.69, 9.17) is 10.5 Å². The molecular formula is C13H12BrN3O2. The van der Waals surface area contributed by atoms with Gasteiger partial charge in [-0.25, -0.2) is 0 Å². The molecule has 0 saturated carbocycles. The van der Waals surface area contributed by atoms with Crippen LogP contribution in [0.4, 0.5) is 11.4 Å². The van der Waals surface area contributed by atoms with E-state index >= 15 is 0 Å². The summed E-state index contributed by atoms with van der Waals surface area (Å²) in [6, 6.07) is 6.76. The predicted molar refractivity (Wildman–Crippen MR) is 77.3 cm³/mol. The first-order valence-electron chi connectivity index (χ1n) is 5.46. The van der Waals surface area contributed by atoms with Gasteiger partial charge in [-0.2, -0.15) is 0 Å². The number of anilines is 2. The summed E-state index contributed by atoms with van der Waals surface area (Å²) in [5.74, 6) is 0.149. The van der Waals surface area contributed by atoms with Crippen LogP contribution >= 0.6 is 15.9 Å². The van der Waals surface area contributed by atoms with Crippen LogP contribution < -0.4 is 15.8 Å². The van der Waals surface area contributed by atoms with E-state index in [0.717, 1.165) is 0 Å². The van der Waals surface area contributed by atoms with E-state index in [0.29, 0.717) is 27.2 Å². The van der Waals surface area contributed by atoms with Crippen molar-refractivity contribution in [3.05, 3.63) is 46.7 Å². The van der Waals surface area contributed by atoms with Crippen LogP contribution in [-0.2, 0) is 0 Å². The Balaban J connectivity index is 2.26. The fourth-order valence-electron chi connectivity index (χ4n) is 1.55. The lowest BCUT2D eigenvalue weighted by Crippen LogP contribution is -2.13. The van der Waals surface area contributed by atoms with Crippen molar-refractivity contribution in [3.63, 3.8) is 0 Å². The smallest absolute Gasteiger partial charge is 0.259 e. The van der Waals surface area contributed by atoms with Gasteiger partial charge in [0.05, 0.1) is 24.6 Å². The van der Waals surface area contributed by atoms with E-state index < -0.39 is 0 Å². The van der Waals surface area contributed by atoms with E-state index in [1.54, 1.807) is 24.3 Å². The van der Waals surface area contributed by atoms with Crippen LogP contribution in [-0.4, -0.2) is 18.0 Å². The summed E-state index contributed by atoms with van der Waals surface area (Å²) in [4.78, 5) is 16.1. The van der Waals surface area contributed by atoms with Crippen LogP contribution in [0.5, 0.6) is 5.75 Å². The summed E-state index contributed by atoms with van der Waals surface area (Å²) in [5, 5.41) is 2.78. The third-order valence-electron chi connectivity index (χ3n) is 2.49. The van der Waals surface area contributed by atoms with Crippen molar-refractivity contribution in [2.75, 3.05) is 18.2 Å². The topological polar surface area (TPSA) is 77.2 Å². The number of hydrogen-bond donors (Lipinski definition) is 2. The molecule has 0 aliphatic carbocycles. The first kappa shape index (κ1) is 13.4. The fourth-order valence-corrected chi connectivity index (χ4v) is 2.05. The molecule has 2 rings (SSSR count). The van der Waals surface area contributed by atoms with Crippen LogP contribution in [0.3, 0.4) is 0 Å². The second kappa shape index (κ2) is 5.71. The number of methoxy groups -OCH3 is 1. The summed E-state index contributed by atoms with van der Waals surface area (Å²) in [5.41, 5.74) is 7.32. The monoisotopic (exact) mass is 321 g/mol. The molecule has 1 heterocycles. The van der Waals surface area contributed by atoms with Crippen molar-refractivity contribution < 1.29 is 9.53 Å². The molecule has 1 aromatic carbocycles. The minimum Gasteiger partial charge on any atom is -0.494 e. The van der Waals surface area contributed by atoms with Gasteiger partial charge in [0, 0.05) is 16.4 Å². The lowest BCUT2D eigenvalue weighted by Gasteiger charge is -2.10. The molecule has 2 aromatic rings. The highest BCUT2D eigenvalue weighted by molar-refractivity contribution is 9.10. The average Bonchev–Trinajstić information content (AvgIpc) is 2.41. The lowest BCUT2D eigenvalue weighted by atomic mass is 10.2. The first-order valence-corrected chi connectivity index (χ1v) is 6.25. The zero-order valence-corrected chi connectivity index (χ0v) is 11.8. The second-order valence-electron chi connectivity index (χ2n) is 3.77. The number of hydrogen-bond acceptors (Lipinski definition) is 4. The molecule has 3 N–H and O–H groups in total. The zero-order valence-electron chi connectivity index (χ0n) is 10.2. The zero-order chi connectivity index (χ0) is 13.8. The number of amides is 1. The largest absolute Gasteiger partial charge is 0.494 e. The number of pyridine rings is 1. The molecule has 5 nitrogen and oxygen atoms in total. The Bertz CT molecular complexity index is 617. The molecule has 1 amide bonds. The highest BCUT2D eigenvalue weighted by Gasteiger charge is 2.13. The van der Waals surface area contributed by atoms with Gasteiger partial charge in [-0.3, -0.25) is 9.78 Å². The van der Waals surface area contributed by atoms with Crippen molar-refractivity contribution in [3.8, 4) is 5.75 Å². The van der Waals surface area contributed by atoms with Gasteiger partial charge in [0.15, 0.2) is 0 Å². The van der Waals surface area contributed by atoms with Crippen LogP contribution in [0.15, 0.2) is 41.1 Å². The summed E-state index contributed by atoms with van der Waals surface area (Å²) in [6.45, 7) is 0. The highest BCUT2D eigenvalue weighted by atomic mass is 79.9. The number of rotatable bonds is 3. The van der Waals surface area contributed by atoms with Crippen molar-refractivity contribution >= 4 is 33.2 Å². The maximum absolute atomic E-state index is 12.2. The van der Waals surface area contributed by atoms with Gasteiger partial charge in [0.1, 0.15) is 5.75 Å². The first-order chi connectivity index (χ1) is 9.11. The Morgan fingerprint density at radius 3 is 2.89 bits per heavy atom. The Labute approximate surface area is 118 Å². The van der Waals surface area contributed by atoms with Gasteiger partial charge < -0.3 is 15.8 Å². The van der Waals surface area contributed by atoms with Crippen LogP contribution in [0, 0.1) is 0 Å². The number of halogens is 1. The van der Waals surface area contributed by atoms with Crippen molar-refractivity contribution in [1.82, 2.24) is 4.98 Å². The third kappa shape index (κ3) is 3.03. The number of carbonyl (C=O) groups excluding carboxylic acids is 1. The minimum absolute atomic E-state index is 0.273. The molecule has 0 radical (unpaired) electrons. The van der Waals surface area contributed by atoms with Crippen molar-refractivity contribution in [2.24, 2.45) is 0 Å². The SMILES string of the molecule is COc1cnccc1C(=O)Nc1ccc(N)cc1Br. The van der Waals surface area contributed by atoms with Gasteiger partial charge in [0.25, 0.3) is 5.91 Å². The minimum atomic E-state index is -0.273. The number of ether oxygens (including phenoxy) is 1. The molecule has 1 aromatic heterocycles. The van der Waals surface area contributed by atoms with Gasteiger partial charge in [0.2, 0.25) is 0 Å². The molecule has 0 atom stereocenters. The van der Waals surface area contributed by atoms with Crippen LogP contribution in [0.25, 0.3) is 0 Å². The molecular weight excluding hydrogens is 310 g/mol. The van der Waals surface area contributed by atoms with E-state index in [-0.39, 0.29) is 5.91 Å². The normalized spacial score (nSPS) is 10.0. The highest BCUT2D eigenvalue weighted by Crippen LogP contribution is 2.26. The summed E-state index contributed by atoms with van der Waals surface area (Å²) < 4.78 is 5.82. The summed E-state index contributed by atoms with van der Waals surface area (Å²) >= 11 is 3.35. The molecule has 0 aliphatic rings. The van der Waals surface area contributed by atoms with Gasteiger partial charge in [-0.1, -0.05) is 0 Å². The van der Waals surface area contributed by atoms with Gasteiger partial charge >= 0.3 is 0 Å². The molecule has 0 saturated heterocycles. The number of carbonyl (C=O) groups is 1. The average molecular weight is 322 g/mol. The molecule has 6 heteroatoms. The van der Waals surface area contributed by atoms with Gasteiger partial charge in [-0.05, 0) is 40.2 Å². The van der Waals surface area contributed by atoms with E-state index in [9.17, 15) is 4.79 Å². The number of aromatic nitrogens is 1. The van der Waals surface area contributed by atoms with Crippen molar-refractivity contribution in [1.29, 1.82) is 0 Å². The third-order valence-corrected chi connectivity index (χ3v) is 3.15. The Morgan fingerprint density at radius 2 is 2.21 bits per heavy atom. The number of nitrogens with one attached hydrogen (secondary N) is 1. The molecule has 0 unspecified atom stereocenters. The van der Waals surface area contributed by atoms with Gasteiger partial charge in [-0.15, -0.1) is 0 Å². The van der Waals surface area contributed by atoms with Crippen LogP contribution in [0.1, 0.15) is 10.4 Å². The summed E-state index contributed by atoms with van der Waals surface area (Å²) in [7, 11) is 1.49. The fraction of sp³-hybridized carbons (Fsp3) is 0.0769. The maximum Gasteiger partial charge on any atom is 0.259 e. The molecule has 0 bridgehead atoms. The Morgan fingerprint density at radius 1 is 1.42 bits per heavy atom. The molecule has 0 spiro atoms. The van der Waals surface area contributed by atoms with Crippen LogP contribution in [0.2, 0.25) is 0 Å². The quantitative estimate of drug-likeness (QED) is 0.852. The standard InChI is InChI=1S/C13H12BrN3O2/c1-19-12-7-16-5-4-9(12)13(18)17-11-3-2-8(15)6-10(11)14/h2-7H,15H2,1H3,(H,17,18).